The zero-order chi connectivity index (χ0) is 8.85. The van der Waals surface area contributed by atoms with Crippen LogP contribution in [0.1, 0.15) is 6.92 Å². The number of hydrogen-bond acceptors (Lipinski definition) is 2. The van der Waals surface area contributed by atoms with Gasteiger partial charge in [0.25, 0.3) is 0 Å². The molecule has 0 atom stereocenters. The van der Waals surface area contributed by atoms with Gasteiger partial charge in [-0.15, -0.1) is 0 Å². The van der Waals surface area contributed by atoms with Gasteiger partial charge in [0.05, 0.1) is 12.5 Å². The van der Waals surface area contributed by atoms with E-state index < -0.39 is 0 Å². The zero-order valence-corrected chi connectivity index (χ0v) is 8.16. The molecule has 0 heterocycles. The number of ether oxygens (including phenoxy) is 1. The Labute approximate surface area is 71.0 Å². The van der Waals surface area contributed by atoms with E-state index >= 15 is 0 Å². The standard InChI is InChI=1S/C8H15O2S/c1-7(2)8(9)10-5-6-11(3)4/h1,5-6H2,2-4H3/q+1. The Hall–Kier alpha value is -0.440. The molecule has 0 aliphatic heterocycles. The molecule has 0 rings (SSSR count). The maximum atomic E-state index is 10.8. The minimum atomic E-state index is -0.282. The first-order valence-electron chi connectivity index (χ1n) is 3.41. The van der Waals surface area contributed by atoms with Crippen LogP contribution in [0.5, 0.6) is 0 Å². The van der Waals surface area contributed by atoms with Crippen molar-refractivity contribution >= 4 is 16.9 Å². The van der Waals surface area contributed by atoms with Gasteiger partial charge in [0.15, 0.2) is 0 Å². The molecule has 2 nitrogen and oxygen atoms in total. The van der Waals surface area contributed by atoms with E-state index in [1.54, 1.807) is 6.92 Å². The summed E-state index contributed by atoms with van der Waals surface area (Å²) in [6.07, 6.45) is 4.24. The van der Waals surface area contributed by atoms with Crippen molar-refractivity contribution in [1.29, 1.82) is 0 Å². The summed E-state index contributed by atoms with van der Waals surface area (Å²) < 4.78 is 4.88. The maximum absolute atomic E-state index is 10.8. The molecule has 0 N–H and O–H groups in total. The highest BCUT2D eigenvalue weighted by Crippen LogP contribution is 1.92. The highest BCUT2D eigenvalue weighted by atomic mass is 32.2. The molecule has 0 fully saturated rings. The van der Waals surface area contributed by atoms with Gasteiger partial charge in [-0.1, -0.05) is 6.58 Å². The molecule has 0 unspecified atom stereocenters. The smallest absolute Gasteiger partial charge is 0.333 e. The van der Waals surface area contributed by atoms with E-state index in [9.17, 15) is 4.79 Å². The molecular weight excluding hydrogens is 160 g/mol. The molecule has 0 saturated heterocycles. The summed E-state index contributed by atoms with van der Waals surface area (Å²) in [6, 6.07) is 0. The van der Waals surface area contributed by atoms with Gasteiger partial charge in [-0.25, -0.2) is 4.79 Å². The van der Waals surface area contributed by atoms with Gasteiger partial charge in [0.1, 0.15) is 12.4 Å². The van der Waals surface area contributed by atoms with Crippen LogP contribution in [0.2, 0.25) is 0 Å². The van der Waals surface area contributed by atoms with E-state index in [0.29, 0.717) is 23.1 Å². The number of esters is 1. The van der Waals surface area contributed by atoms with Crippen molar-refractivity contribution in [2.24, 2.45) is 0 Å². The molecule has 0 aliphatic rings. The molecule has 0 radical (unpaired) electrons. The predicted octanol–water partition coefficient (Wildman–Crippen LogP) is 0.984. The van der Waals surface area contributed by atoms with Crippen LogP contribution >= 0.6 is 0 Å². The number of carbonyl (C=O) groups is 1. The van der Waals surface area contributed by atoms with Crippen molar-refractivity contribution in [2.75, 3.05) is 24.9 Å². The first-order valence-corrected chi connectivity index (χ1v) is 5.62. The minimum absolute atomic E-state index is 0.282. The van der Waals surface area contributed by atoms with E-state index in [1.807, 2.05) is 0 Å². The van der Waals surface area contributed by atoms with Crippen LogP contribution in [-0.4, -0.2) is 30.8 Å². The highest BCUT2D eigenvalue weighted by molar-refractivity contribution is 7.95. The third kappa shape index (κ3) is 5.98. The molecule has 11 heavy (non-hydrogen) atoms. The summed E-state index contributed by atoms with van der Waals surface area (Å²) >= 11 is 0. The van der Waals surface area contributed by atoms with Crippen LogP contribution in [-0.2, 0) is 20.4 Å². The molecule has 0 bridgehead atoms. The van der Waals surface area contributed by atoms with Crippen LogP contribution in [0, 0.1) is 0 Å². The monoisotopic (exact) mass is 175 g/mol. The molecule has 64 valence electrons. The lowest BCUT2D eigenvalue weighted by Crippen LogP contribution is -2.13. The lowest BCUT2D eigenvalue weighted by molar-refractivity contribution is -0.138. The van der Waals surface area contributed by atoms with Crippen LogP contribution in [0.25, 0.3) is 0 Å². The second kappa shape index (κ2) is 5.24. The summed E-state index contributed by atoms with van der Waals surface area (Å²) in [7, 11) is 0.348. The summed E-state index contributed by atoms with van der Waals surface area (Å²) in [5, 5.41) is 0. The molecular formula is C8H15O2S+. The van der Waals surface area contributed by atoms with Gasteiger partial charge in [-0.2, -0.15) is 0 Å². The summed E-state index contributed by atoms with van der Waals surface area (Å²) in [5.74, 6) is 0.661. The van der Waals surface area contributed by atoms with Crippen LogP contribution in [0.15, 0.2) is 12.2 Å². The summed E-state index contributed by atoms with van der Waals surface area (Å²) in [4.78, 5) is 10.8. The van der Waals surface area contributed by atoms with E-state index in [4.69, 9.17) is 4.74 Å². The van der Waals surface area contributed by atoms with Crippen molar-refractivity contribution in [1.82, 2.24) is 0 Å². The number of hydrogen-bond donors (Lipinski definition) is 0. The largest absolute Gasteiger partial charge is 0.457 e. The average molecular weight is 175 g/mol. The Morgan fingerprint density at radius 3 is 2.45 bits per heavy atom. The molecule has 0 saturated carbocycles. The number of carbonyl (C=O) groups excluding carboxylic acids is 1. The van der Waals surface area contributed by atoms with Crippen molar-refractivity contribution in [2.45, 2.75) is 6.92 Å². The second-order valence-corrected chi connectivity index (χ2v) is 4.99. The van der Waals surface area contributed by atoms with Crippen molar-refractivity contribution < 1.29 is 9.53 Å². The van der Waals surface area contributed by atoms with Crippen molar-refractivity contribution in [3.63, 3.8) is 0 Å². The summed E-state index contributed by atoms with van der Waals surface area (Å²) in [6.45, 7) is 5.65. The van der Waals surface area contributed by atoms with E-state index in [1.165, 1.54) is 0 Å². The van der Waals surface area contributed by atoms with Crippen LogP contribution in [0.4, 0.5) is 0 Å². The van der Waals surface area contributed by atoms with E-state index in [0.717, 1.165) is 5.75 Å². The quantitative estimate of drug-likeness (QED) is 0.362. The number of rotatable bonds is 4. The average Bonchev–Trinajstić information content (AvgIpc) is 1.86. The van der Waals surface area contributed by atoms with Crippen LogP contribution in [0.3, 0.4) is 0 Å². The summed E-state index contributed by atoms with van der Waals surface area (Å²) in [5.41, 5.74) is 0.470. The lowest BCUT2D eigenvalue weighted by Gasteiger charge is -2.01. The van der Waals surface area contributed by atoms with Crippen LogP contribution < -0.4 is 0 Å². The highest BCUT2D eigenvalue weighted by Gasteiger charge is 2.06. The molecule has 0 aromatic heterocycles. The predicted molar refractivity (Wildman–Crippen MR) is 49.9 cm³/mol. The Kier molecular flexibility index (Phi) is 5.03. The molecule has 0 spiro atoms. The van der Waals surface area contributed by atoms with Gasteiger partial charge in [0, 0.05) is 5.57 Å². The van der Waals surface area contributed by atoms with Gasteiger partial charge in [-0.05, 0) is 17.8 Å². The fourth-order valence-electron chi connectivity index (χ4n) is 0.424. The maximum Gasteiger partial charge on any atom is 0.333 e. The molecule has 0 aromatic carbocycles. The Balaban J connectivity index is 3.40. The van der Waals surface area contributed by atoms with E-state index in [-0.39, 0.29) is 5.97 Å². The second-order valence-electron chi connectivity index (χ2n) is 2.61. The Bertz CT molecular complexity index is 152. The lowest BCUT2D eigenvalue weighted by atomic mass is 10.4. The van der Waals surface area contributed by atoms with Crippen molar-refractivity contribution in [3.8, 4) is 0 Å². The third-order valence-electron chi connectivity index (χ3n) is 1.07. The zero-order valence-electron chi connectivity index (χ0n) is 7.35. The molecule has 0 aromatic rings. The van der Waals surface area contributed by atoms with Gasteiger partial charge < -0.3 is 4.74 Å². The fourth-order valence-corrected chi connectivity index (χ4v) is 0.841. The SMILES string of the molecule is C=C(C)C(=O)OCC[S+](C)C. The van der Waals surface area contributed by atoms with Gasteiger partial charge >= 0.3 is 5.97 Å². The fraction of sp³-hybridized carbons (Fsp3) is 0.625. The first kappa shape index (κ1) is 10.6. The molecule has 0 aliphatic carbocycles. The molecule has 0 amide bonds. The Morgan fingerprint density at radius 1 is 1.55 bits per heavy atom. The third-order valence-corrected chi connectivity index (χ3v) is 2.06. The Morgan fingerprint density at radius 2 is 2.09 bits per heavy atom. The van der Waals surface area contributed by atoms with Gasteiger partial charge in [-0.3, -0.25) is 0 Å². The normalized spacial score (nSPS) is 9.82. The van der Waals surface area contributed by atoms with Gasteiger partial charge in [0.2, 0.25) is 0 Å². The van der Waals surface area contributed by atoms with E-state index in [2.05, 4.69) is 19.1 Å². The van der Waals surface area contributed by atoms with Crippen molar-refractivity contribution in [3.05, 3.63) is 12.2 Å². The first-order chi connectivity index (χ1) is 5.04. The minimum Gasteiger partial charge on any atom is -0.457 e. The molecule has 3 heteroatoms. The topological polar surface area (TPSA) is 26.3 Å².